The van der Waals surface area contributed by atoms with E-state index in [4.69, 9.17) is 16.7 Å². The summed E-state index contributed by atoms with van der Waals surface area (Å²) in [4.78, 5) is 12.8. The molecule has 0 amide bonds. The first kappa shape index (κ1) is 14.3. The van der Waals surface area contributed by atoms with Gasteiger partial charge >= 0.3 is 5.97 Å². The van der Waals surface area contributed by atoms with Crippen LogP contribution in [0.1, 0.15) is 12.5 Å². The average Bonchev–Trinajstić information content (AvgIpc) is 2.36. The molecule has 1 saturated heterocycles. The van der Waals surface area contributed by atoms with Gasteiger partial charge in [0.2, 0.25) is 0 Å². The summed E-state index contributed by atoms with van der Waals surface area (Å²) in [6, 6.07) is 5.67. The van der Waals surface area contributed by atoms with Gasteiger partial charge in [0, 0.05) is 30.2 Å². The van der Waals surface area contributed by atoms with E-state index in [9.17, 15) is 4.79 Å². The number of halogens is 1. The minimum atomic E-state index is -0.956. The molecule has 0 aromatic heterocycles. The van der Waals surface area contributed by atoms with Crippen molar-refractivity contribution in [3.8, 4) is 0 Å². The number of aliphatic carboxylic acids is 1. The summed E-state index contributed by atoms with van der Waals surface area (Å²) in [6.45, 7) is 4.21. The molecule has 5 heteroatoms. The van der Waals surface area contributed by atoms with Crippen molar-refractivity contribution in [1.82, 2.24) is 0 Å². The second-order valence-electron chi connectivity index (χ2n) is 4.51. The molecule has 0 spiro atoms. The Labute approximate surface area is 122 Å². The predicted molar refractivity (Wildman–Crippen MR) is 82.3 cm³/mol. The molecule has 1 atom stereocenters. The van der Waals surface area contributed by atoms with E-state index in [1.165, 1.54) is 0 Å². The van der Waals surface area contributed by atoms with Crippen molar-refractivity contribution >= 4 is 41.1 Å². The highest BCUT2D eigenvalue weighted by molar-refractivity contribution is 8.00. The van der Waals surface area contributed by atoms with Gasteiger partial charge in [-0.25, -0.2) is 4.79 Å². The fourth-order valence-corrected chi connectivity index (χ4v) is 3.41. The van der Waals surface area contributed by atoms with Gasteiger partial charge in [-0.05, 0) is 23.8 Å². The Bertz CT molecular complexity index is 504. The lowest BCUT2D eigenvalue weighted by Gasteiger charge is -2.33. The Kier molecular flexibility index (Phi) is 4.77. The normalized spacial score (nSPS) is 19.9. The lowest BCUT2D eigenvalue weighted by Crippen LogP contribution is -2.36. The Hall–Kier alpha value is -1.13. The zero-order valence-corrected chi connectivity index (χ0v) is 12.2. The van der Waals surface area contributed by atoms with E-state index in [1.54, 1.807) is 6.08 Å². The third kappa shape index (κ3) is 3.91. The lowest BCUT2D eigenvalue weighted by molar-refractivity contribution is -0.131. The maximum absolute atomic E-state index is 10.5. The van der Waals surface area contributed by atoms with E-state index in [1.807, 2.05) is 30.0 Å². The number of hydrogen-bond acceptors (Lipinski definition) is 3. The third-order valence-corrected chi connectivity index (χ3v) is 4.41. The molecule has 102 valence electrons. The minimum Gasteiger partial charge on any atom is -0.478 e. The number of hydrogen-bond donors (Lipinski definition) is 1. The Morgan fingerprint density at radius 3 is 3.00 bits per heavy atom. The molecule has 2 rings (SSSR count). The van der Waals surface area contributed by atoms with E-state index in [2.05, 4.69) is 11.8 Å². The predicted octanol–water partition coefficient (Wildman–Crippen LogP) is 3.38. The van der Waals surface area contributed by atoms with E-state index in [0.717, 1.165) is 36.2 Å². The standard InChI is InChI=1S/C14H16ClNO2S/c1-10-9-16(6-7-19-10)13-4-2-11(8-12(13)15)3-5-14(17)18/h2-5,8,10H,6-7,9H2,1H3,(H,17,18)/b5-3+. The molecule has 0 saturated carbocycles. The van der Waals surface area contributed by atoms with Crippen LogP contribution in [0.25, 0.3) is 6.08 Å². The summed E-state index contributed by atoms with van der Waals surface area (Å²) in [5.74, 6) is 0.153. The van der Waals surface area contributed by atoms with Gasteiger partial charge in [-0.2, -0.15) is 11.8 Å². The van der Waals surface area contributed by atoms with Crippen LogP contribution in [-0.4, -0.2) is 35.2 Å². The van der Waals surface area contributed by atoms with Gasteiger partial charge in [-0.1, -0.05) is 24.6 Å². The zero-order chi connectivity index (χ0) is 13.8. The van der Waals surface area contributed by atoms with Gasteiger partial charge in [-0.15, -0.1) is 0 Å². The van der Waals surface area contributed by atoms with Crippen LogP contribution in [0.5, 0.6) is 0 Å². The number of anilines is 1. The Morgan fingerprint density at radius 2 is 2.37 bits per heavy atom. The van der Waals surface area contributed by atoms with E-state index >= 15 is 0 Å². The summed E-state index contributed by atoms with van der Waals surface area (Å²) in [6.07, 6.45) is 2.66. The van der Waals surface area contributed by atoms with Crippen LogP contribution in [0.15, 0.2) is 24.3 Å². The summed E-state index contributed by atoms with van der Waals surface area (Å²) < 4.78 is 0. The molecular weight excluding hydrogens is 282 g/mol. The van der Waals surface area contributed by atoms with Crippen molar-refractivity contribution in [1.29, 1.82) is 0 Å². The quantitative estimate of drug-likeness (QED) is 0.868. The molecule has 1 aliphatic rings. The highest BCUT2D eigenvalue weighted by Crippen LogP contribution is 2.31. The van der Waals surface area contributed by atoms with Crippen LogP contribution in [0.4, 0.5) is 5.69 Å². The number of carboxylic acids is 1. The van der Waals surface area contributed by atoms with Crippen molar-refractivity contribution in [3.05, 3.63) is 34.9 Å². The zero-order valence-electron chi connectivity index (χ0n) is 10.7. The molecule has 0 aliphatic carbocycles. The van der Waals surface area contributed by atoms with E-state index in [0.29, 0.717) is 10.3 Å². The summed E-state index contributed by atoms with van der Waals surface area (Å²) in [7, 11) is 0. The number of rotatable bonds is 3. The second kappa shape index (κ2) is 6.35. The largest absolute Gasteiger partial charge is 0.478 e. The molecular formula is C14H16ClNO2S. The third-order valence-electron chi connectivity index (χ3n) is 2.97. The highest BCUT2D eigenvalue weighted by Gasteiger charge is 2.18. The summed E-state index contributed by atoms with van der Waals surface area (Å²) in [5, 5.41) is 9.88. The van der Waals surface area contributed by atoms with Gasteiger partial charge in [0.25, 0.3) is 0 Å². The molecule has 1 aromatic rings. The van der Waals surface area contributed by atoms with Crippen LogP contribution in [0.3, 0.4) is 0 Å². The molecule has 0 bridgehead atoms. The van der Waals surface area contributed by atoms with Crippen LogP contribution < -0.4 is 4.90 Å². The number of nitrogens with zero attached hydrogens (tertiary/aromatic N) is 1. The van der Waals surface area contributed by atoms with Crippen LogP contribution >= 0.6 is 23.4 Å². The minimum absolute atomic E-state index is 0.608. The fraction of sp³-hybridized carbons (Fsp3) is 0.357. The first-order valence-electron chi connectivity index (χ1n) is 6.13. The van der Waals surface area contributed by atoms with Crippen molar-refractivity contribution in [2.45, 2.75) is 12.2 Å². The highest BCUT2D eigenvalue weighted by atomic mass is 35.5. The second-order valence-corrected chi connectivity index (χ2v) is 6.46. The van der Waals surface area contributed by atoms with Crippen molar-refractivity contribution in [2.75, 3.05) is 23.7 Å². The molecule has 1 aromatic carbocycles. The molecule has 3 nitrogen and oxygen atoms in total. The smallest absolute Gasteiger partial charge is 0.328 e. The first-order chi connectivity index (χ1) is 9.06. The van der Waals surface area contributed by atoms with Crippen LogP contribution in [-0.2, 0) is 4.79 Å². The summed E-state index contributed by atoms with van der Waals surface area (Å²) >= 11 is 8.27. The van der Waals surface area contributed by atoms with E-state index < -0.39 is 5.97 Å². The van der Waals surface area contributed by atoms with Gasteiger partial charge in [-0.3, -0.25) is 0 Å². The van der Waals surface area contributed by atoms with Gasteiger partial charge < -0.3 is 10.0 Å². The number of thioether (sulfide) groups is 1. The lowest BCUT2D eigenvalue weighted by atomic mass is 10.1. The number of carboxylic acid groups (broad SMARTS) is 1. The molecule has 1 N–H and O–H groups in total. The van der Waals surface area contributed by atoms with Crippen LogP contribution in [0, 0.1) is 0 Å². The van der Waals surface area contributed by atoms with Crippen molar-refractivity contribution in [2.24, 2.45) is 0 Å². The molecule has 0 radical (unpaired) electrons. The fourth-order valence-electron chi connectivity index (χ4n) is 2.09. The topological polar surface area (TPSA) is 40.5 Å². The molecule has 19 heavy (non-hydrogen) atoms. The average molecular weight is 298 g/mol. The van der Waals surface area contributed by atoms with Crippen molar-refractivity contribution in [3.63, 3.8) is 0 Å². The Balaban J connectivity index is 2.17. The van der Waals surface area contributed by atoms with E-state index in [-0.39, 0.29) is 0 Å². The van der Waals surface area contributed by atoms with Crippen LogP contribution in [0.2, 0.25) is 5.02 Å². The van der Waals surface area contributed by atoms with Crippen molar-refractivity contribution < 1.29 is 9.90 Å². The SMILES string of the molecule is CC1CN(c2ccc(/C=C/C(=O)O)cc2Cl)CCS1. The molecule has 1 aliphatic heterocycles. The molecule has 1 heterocycles. The number of carbonyl (C=O) groups is 1. The monoisotopic (exact) mass is 297 g/mol. The first-order valence-corrected chi connectivity index (χ1v) is 7.56. The maximum Gasteiger partial charge on any atom is 0.328 e. The summed E-state index contributed by atoms with van der Waals surface area (Å²) in [5.41, 5.74) is 1.83. The number of benzene rings is 1. The molecule has 1 unspecified atom stereocenters. The van der Waals surface area contributed by atoms with Gasteiger partial charge in [0.15, 0.2) is 0 Å². The molecule has 1 fully saturated rings. The Morgan fingerprint density at radius 1 is 1.58 bits per heavy atom. The van der Waals surface area contributed by atoms with Gasteiger partial charge in [0.1, 0.15) is 0 Å². The van der Waals surface area contributed by atoms with Gasteiger partial charge in [0.05, 0.1) is 10.7 Å². The maximum atomic E-state index is 10.5.